The van der Waals surface area contributed by atoms with Gasteiger partial charge in [0.1, 0.15) is 11.6 Å². The van der Waals surface area contributed by atoms with Gasteiger partial charge in [-0.2, -0.15) is 0 Å². The van der Waals surface area contributed by atoms with Crippen molar-refractivity contribution in [3.8, 4) is 16.9 Å². The first kappa shape index (κ1) is 14.3. The number of amides is 2. The molecule has 3 aromatic rings. The van der Waals surface area contributed by atoms with Gasteiger partial charge in [0.15, 0.2) is 5.13 Å². The number of nitrogens with two attached hydrogens (primary N) is 1. The molecular weight excluding hydrogens is 305 g/mol. The van der Waals surface area contributed by atoms with Crippen molar-refractivity contribution in [2.24, 2.45) is 5.73 Å². The van der Waals surface area contributed by atoms with Gasteiger partial charge in [-0.15, -0.1) is 0 Å². The Balaban J connectivity index is 2.08. The maximum atomic E-state index is 13.5. The van der Waals surface area contributed by atoms with Crippen molar-refractivity contribution < 1.29 is 13.9 Å². The number of rotatable bonds is 3. The zero-order valence-corrected chi connectivity index (χ0v) is 12.4. The molecule has 0 unspecified atom stereocenters. The average molecular weight is 317 g/mol. The van der Waals surface area contributed by atoms with Crippen molar-refractivity contribution in [1.29, 1.82) is 0 Å². The first-order valence-corrected chi connectivity index (χ1v) is 7.19. The van der Waals surface area contributed by atoms with Gasteiger partial charge < -0.3 is 10.5 Å². The fourth-order valence-electron chi connectivity index (χ4n) is 2.16. The summed E-state index contributed by atoms with van der Waals surface area (Å²) >= 11 is 1.29. The maximum Gasteiger partial charge on any atom is 0.318 e. The van der Waals surface area contributed by atoms with Gasteiger partial charge >= 0.3 is 6.03 Å². The first-order chi connectivity index (χ1) is 10.6. The molecule has 22 heavy (non-hydrogen) atoms. The monoisotopic (exact) mass is 317 g/mol. The lowest BCUT2D eigenvalue weighted by atomic mass is 10.0. The van der Waals surface area contributed by atoms with Gasteiger partial charge in [0.05, 0.1) is 17.3 Å². The van der Waals surface area contributed by atoms with Crippen LogP contribution in [-0.2, 0) is 0 Å². The molecule has 0 aliphatic heterocycles. The van der Waals surface area contributed by atoms with Gasteiger partial charge in [0.25, 0.3) is 0 Å². The Bertz CT molecular complexity index is 863. The zero-order chi connectivity index (χ0) is 15.7. The van der Waals surface area contributed by atoms with E-state index in [-0.39, 0.29) is 5.82 Å². The molecule has 5 nitrogen and oxygen atoms in total. The van der Waals surface area contributed by atoms with Crippen LogP contribution in [0.2, 0.25) is 0 Å². The SMILES string of the molecule is COc1ccc(F)cc1-c1ccc2nc(NC(N)=O)sc2c1. The number of hydrogen-bond donors (Lipinski definition) is 2. The second-order valence-electron chi connectivity index (χ2n) is 4.54. The Morgan fingerprint density at radius 3 is 2.86 bits per heavy atom. The fourth-order valence-corrected chi connectivity index (χ4v) is 3.06. The number of methoxy groups -OCH3 is 1. The van der Waals surface area contributed by atoms with Crippen LogP contribution < -0.4 is 15.8 Å². The lowest BCUT2D eigenvalue weighted by molar-refractivity contribution is 0.259. The quantitative estimate of drug-likeness (QED) is 0.775. The predicted molar refractivity (Wildman–Crippen MR) is 84.8 cm³/mol. The Morgan fingerprint density at radius 2 is 2.14 bits per heavy atom. The van der Waals surface area contributed by atoms with Crippen LogP contribution in [0.25, 0.3) is 21.3 Å². The molecule has 2 aromatic carbocycles. The Hall–Kier alpha value is -2.67. The van der Waals surface area contributed by atoms with Crippen molar-refractivity contribution in [2.45, 2.75) is 0 Å². The van der Waals surface area contributed by atoms with Crippen molar-refractivity contribution in [1.82, 2.24) is 4.98 Å². The number of carbonyl (C=O) groups is 1. The van der Waals surface area contributed by atoms with E-state index in [0.29, 0.717) is 16.4 Å². The molecule has 7 heteroatoms. The van der Waals surface area contributed by atoms with E-state index in [4.69, 9.17) is 10.5 Å². The number of halogens is 1. The molecule has 0 saturated carbocycles. The number of anilines is 1. The van der Waals surface area contributed by atoms with Crippen LogP contribution >= 0.6 is 11.3 Å². The van der Waals surface area contributed by atoms with Crippen molar-refractivity contribution >= 4 is 32.7 Å². The standard InChI is InChI=1S/C15H12FN3O2S/c1-21-12-5-3-9(16)7-10(12)8-2-4-11-13(6-8)22-15(18-11)19-14(17)20/h2-7H,1H3,(H3,17,18,19,20). The second-order valence-corrected chi connectivity index (χ2v) is 5.57. The van der Waals surface area contributed by atoms with E-state index >= 15 is 0 Å². The number of ether oxygens (including phenoxy) is 1. The molecule has 3 N–H and O–H groups in total. The molecule has 1 heterocycles. The third kappa shape index (κ3) is 2.71. The minimum atomic E-state index is -0.661. The number of nitrogens with zero attached hydrogens (tertiary/aromatic N) is 1. The van der Waals surface area contributed by atoms with Gasteiger partial charge in [-0.05, 0) is 35.9 Å². The minimum Gasteiger partial charge on any atom is -0.496 e. The zero-order valence-electron chi connectivity index (χ0n) is 11.6. The number of fused-ring (bicyclic) bond motifs is 1. The van der Waals surface area contributed by atoms with Gasteiger partial charge in [0, 0.05) is 5.56 Å². The van der Waals surface area contributed by atoms with Crippen molar-refractivity contribution in [3.63, 3.8) is 0 Å². The average Bonchev–Trinajstić information content (AvgIpc) is 2.87. The molecular formula is C15H12FN3O2S. The van der Waals surface area contributed by atoms with Crippen LogP contribution in [0.15, 0.2) is 36.4 Å². The third-order valence-corrected chi connectivity index (χ3v) is 4.02. The van der Waals surface area contributed by atoms with E-state index in [1.807, 2.05) is 12.1 Å². The third-order valence-electron chi connectivity index (χ3n) is 3.09. The van der Waals surface area contributed by atoms with Gasteiger partial charge in [-0.25, -0.2) is 14.2 Å². The Morgan fingerprint density at radius 1 is 1.32 bits per heavy atom. The molecule has 0 bridgehead atoms. The molecule has 0 saturated heterocycles. The number of carbonyl (C=O) groups excluding carboxylic acids is 1. The van der Waals surface area contributed by atoms with Crippen LogP contribution in [0.1, 0.15) is 0 Å². The maximum absolute atomic E-state index is 13.5. The molecule has 0 spiro atoms. The molecule has 0 aliphatic carbocycles. The predicted octanol–water partition coefficient (Wildman–Crippen LogP) is 3.60. The minimum absolute atomic E-state index is 0.337. The van der Waals surface area contributed by atoms with Crippen LogP contribution in [0.3, 0.4) is 0 Å². The van der Waals surface area contributed by atoms with Crippen molar-refractivity contribution in [3.05, 3.63) is 42.2 Å². The molecule has 1 aromatic heterocycles. The number of urea groups is 1. The molecule has 0 fully saturated rings. The molecule has 2 amide bonds. The Labute approximate surface area is 129 Å². The van der Waals surface area contributed by atoms with E-state index in [0.717, 1.165) is 15.8 Å². The summed E-state index contributed by atoms with van der Waals surface area (Å²) in [6.07, 6.45) is 0. The summed E-state index contributed by atoms with van der Waals surface area (Å²) in [4.78, 5) is 15.1. The van der Waals surface area contributed by atoms with Gasteiger partial charge in [-0.1, -0.05) is 17.4 Å². The highest BCUT2D eigenvalue weighted by atomic mass is 32.1. The topological polar surface area (TPSA) is 77.2 Å². The van der Waals surface area contributed by atoms with Crippen LogP contribution in [0.5, 0.6) is 5.75 Å². The van der Waals surface area contributed by atoms with E-state index in [9.17, 15) is 9.18 Å². The number of nitrogens with one attached hydrogen (secondary N) is 1. The molecule has 3 rings (SSSR count). The number of benzene rings is 2. The van der Waals surface area contributed by atoms with E-state index < -0.39 is 6.03 Å². The summed E-state index contributed by atoms with van der Waals surface area (Å²) in [7, 11) is 1.54. The van der Waals surface area contributed by atoms with E-state index in [2.05, 4.69) is 10.3 Å². The number of thiazole rings is 1. The summed E-state index contributed by atoms with van der Waals surface area (Å²) < 4.78 is 19.6. The summed E-state index contributed by atoms with van der Waals surface area (Å²) in [6.45, 7) is 0. The first-order valence-electron chi connectivity index (χ1n) is 6.38. The number of hydrogen-bond acceptors (Lipinski definition) is 4. The van der Waals surface area contributed by atoms with Crippen LogP contribution in [0.4, 0.5) is 14.3 Å². The lowest BCUT2D eigenvalue weighted by Crippen LogP contribution is -2.18. The van der Waals surface area contributed by atoms with E-state index in [1.165, 1.54) is 30.6 Å². The molecule has 0 aliphatic rings. The van der Waals surface area contributed by atoms with Crippen LogP contribution in [0, 0.1) is 5.82 Å². The van der Waals surface area contributed by atoms with Crippen molar-refractivity contribution in [2.75, 3.05) is 12.4 Å². The van der Waals surface area contributed by atoms with Gasteiger partial charge in [-0.3, -0.25) is 5.32 Å². The highest BCUT2D eigenvalue weighted by Crippen LogP contribution is 2.35. The summed E-state index contributed by atoms with van der Waals surface area (Å²) in [5, 5.41) is 2.87. The second kappa shape index (κ2) is 5.61. The van der Waals surface area contributed by atoms with Crippen LogP contribution in [-0.4, -0.2) is 18.1 Å². The summed E-state index contributed by atoms with van der Waals surface area (Å²) in [5.74, 6) is 0.247. The van der Waals surface area contributed by atoms with Gasteiger partial charge in [0.2, 0.25) is 0 Å². The Kier molecular flexibility index (Phi) is 3.64. The fraction of sp³-hybridized carbons (Fsp3) is 0.0667. The molecule has 0 atom stereocenters. The molecule has 112 valence electrons. The number of aromatic nitrogens is 1. The smallest absolute Gasteiger partial charge is 0.318 e. The highest BCUT2D eigenvalue weighted by molar-refractivity contribution is 7.22. The summed E-state index contributed by atoms with van der Waals surface area (Å²) in [6, 6.07) is 9.20. The largest absolute Gasteiger partial charge is 0.496 e. The van der Waals surface area contributed by atoms with E-state index in [1.54, 1.807) is 12.1 Å². The number of primary amides is 1. The normalized spacial score (nSPS) is 10.6. The lowest BCUT2D eigenvalue weighted by Gasteiger charge is -2.08. The summed E-state index contributed by atoms with van der Waals surface area (Å²) in [5.41, 5.74) is 7.27. The molecule has 0 radical (unpaired) electrons. The highest BCUT2D eigenvalue weighted by Gasteiger charge is 2.11.